The second-order valence-corrected chi connectivity index (χ2v) is 6.11. The number of para-hydroxylation sites is 2. The van der Waals surface area contributed by atoms with Crippen molar-refractivity contribution in [3.63, 3.8) is 0 Å². The van der Waals surface area contributed by atoms with E-state index < -0.39 is 23.9 Å². The predicted octanol–water partition coefficient (Wildman–Crippen LogP) is 1.93. The zero-order valence-corrected chi connectivity index (χ0v) is 12.8. The van der Waals surface area contributed by atoms with Gasteiger partial charge in [0.15, 0.2) is 0 Å². The summed E-state index contributed by atoms with van der Waals surface area (Å²) in [6, 6.07) is 12.5. The molecule has 1 aliphatic carbocycles. The van der Waals surface area contributed by atoms with Gasteiger partial charge < -0.3 is 20.5 Å². The van der Waals surface area contributed by atoms with E-state index in [1.165, 1.54) is 18.2 Å². The molecule has 2 aliphatic rings. The number of fused-ring (bicyclic) bond motifs is 2. The molecule has 2 aromatic rings. The molecule has 6 heteroatoms. The molecule has 4 atom stereocenters. The lowest BCUT2D eigenvalue weighted by atomic mass is 10.1. The van der Waals surface area contributed by atoms with Crippen molar-refractivity contribution in [3.05, 3.63) is 59.9 Å². The molecule has 0 saturated heterocycles. The molecule has 3 N–H and O–H groups in total. The maximum Gasteiger partial charge on any atom is 0.254 e. The minimum Gasteiger partial charge on any atom is -0.486 e. The van der Waals surface area contributed by atoms with Crippen LogP contribution in [0.1, 0.15) is 16.8 Å². The summed E-state index contributed by atoms with van der Waals surface area (Å²) in [5, 5.41) is 16.5. The molecule has 1 aliphatic heterocycles. The van der Waals surface area contributed by atoms with Crippen LogP contribution < -0.4 is 15.4 Å². The minimum atomic E-state index is -0.820. The van der Waals surface area contributed by atoms with Gasteiger partial charge in [-0.3, -0.25) is 4.79 Å². The second-order valence-electron chi connectivity index (χ2n) is 6.11. The van der Waals surface area contributed by atoms with Crippen LogP contribution >= 0.6 is 0 Å². The van der Waals surface area contributed by atoms with Gasteiger partial charge >= 0.3 is 0 Å². The molecule has 5 nitrogen and oxygen atoms in total. The molecule has 2 aromatic carbocycles. The van der Waals surface area contributed by atoms with Gasteiger partial charge in [0.05, 0.1) is 29.4 Å². The number of ether oxygens (including phenoxy) is 1. The van der Waals surface area contributed by atoms with Crippen molar-refractivity contribution in [2.24, 2.45) is 0 Å². The van der Waals surface area contributed by atoms with Crippen molar-refractivity contribution in [2.75, 3.05) is 5.32 Å². The first-order valence-electron chi connectivity index (χ1n) is 7.89. The van der Waals surface area contributed by atoms with E-state index in [4.69, 9.17) is 4.74 Å². The van der Waals surface area contributed by atoms with Crippen molar-refractivity contribution in [3.8, 4) is 5.75 Å². The van der Waals surface area contributed by atoms with E-state index in [1.807, 2.05) is 24.3 Å². The number of aliphatic hydroxyl groups excluding tert-OH is 1. The number of rotatable bonds is 2. The normalized spacial score (nSPS) is 27.4. The topological polar surface area (TPSA) is 70.6 Å². The highest BCUT2D eigenvalue weighted by Crippen LogP contribution is 2.37. The fourth-order valence-corrected chi connectivity index (χ4v) is 3.37. The van der Waals surface area contributed by atoms with Crippen LogP contribution in [0.25, 0.3) is 0 Å². The van der Waals surface area contributed by atoms with Crippen molar-refractivity contribution in [2.45, 2.75) is 30.7 Å². The van der Waals surface area contributed by atoms with Crippen LogP contribution in [0.5, 0.6) is 5.75 Å². The van der Waals surface area contributed by atoms with Gasteiger partial charge in [0, 0.05) is 6.42 Å². The van der Waals surface area contributed by atoms with Crippen molar-refractivity contribution in [1.82, 2.24) is 5.32 Å². The maximum absolute atomic E-state index is 13.7. The van der Waals surface area contributed by atoms with Crippen LogP contribution in [0.3, 0.4) is 0 Å². The first-order valence-corrected chi connectivity index (χ1v) is 7.89. The van der Waals surface area contributed by atoms with Gasteiger partial charge in [0.1, 0.15) is 17.7 Å². The average molecular weight is 328 g/mol. The van der Waals surface area contributed by atoms with Crippen LogP contribution in [0.4, 0.5) is 10.1 Å². The molecule has 1 fully saturated rings. The Kier molecular flexibility index (Phi) is 3.61. The Morgan fingerprint density at radius 2 is 1.96 bits per heavy atom. The lowest BCUT2D eigenvalue weighted by Crippen LogP contribution is -2.47. The smallest absolute Gasteiger partial charge is 0.254 e. The summed E-state index contributed by atoms with van der Waals surface area (Å²) >= 11 is 0. The van der Waals surface area contributed by atoms with Gasteiger partial charge in [-0.05, 0) is 24.3 Å². The number of hydrogen-bond donors (Lipinski definition) is 3. The quantitative estimate of drug-likeness (QED) is 0.788. The summed E-state index contributed by atoms with van der Waals surface area (Å²) in [6.45, 7) is 0. The average Bonchev–Trinajstić information content (AvgIpc) is 2.88. The molecule has 1 heterocycles. The Morgan fingerprint density at radius 1 is 1.21 bits per heavy atom. The Labute approximate surface area is 138 Å². The van der Waals surface area contributed by atoms with E-state index in [0.717, 1.165) is 11.4 Å². The van der Waals surface area contributed by atoms with Crippen LogP contribution in [0.2, 0.25) is 0 Å². The first-order chi connectivity index (χ1) is 11.6. The van der Waals surface area contributed by atoms with E-state index in [9.17, 15) is 14.3 Å². The van der Waals surface area contributed by atoms with Crippen LogP contribution in [0, 0.1) is 5.82 Å². The van der Waals surface area contributed by atoms with E-state index in [1.54, 1.807) is 6.07 Å². The van der Waals surface area contributed by atoms with Gasteiger partial charge in [0.25, 0.3) is 5.91 Å². The van der Waals surface area contributed by atoms with E-state index in [2.05, 4.69) is 10.6 Å². The molecular formula is C18H17FN2O3. The van der Waals surface area contributed by atoms with Crippen molar-refractivity contribution in [1.29, 1.82) is 0 Å². The number of halogens is 1. The summed E-state index contributed by atoms with van der Waals surface area (Å²) in [6.07, 6.45) is -0.618. The fourth-order valence-electron chi connectivity index (χ4n) is 3.37. The Hall–Kier alpha value is -2.60. The highest BCUT2D eigenvalue weighted by Gasteiger charge is 2.47. The first kappa shape index (κ1) is 15.0. The third-order valence-corrected chi connectivity index (χ3v) is 4.59. The lowest BCUT2D eigenvalue weighted by molar-refractivity contribution is 0.0849. The molecule has 1 amide bonds. The zero-order valence-electron chi connectivity index (χ0n) is 12.8. The van der Waals surface area contributed by atoms with Gasteiger partial charge in [-0.25, -0.2) is 4.39 Å². The number of nitrogens with one attached hydrogen (secondary N) is 2. The monoisotopic (exact) mass is 328 g/mol. The highest BCUT2D eigenvalue weighted by atomic mass is 19.1. The van der Waals surface area contributed by atoms with Crippen LogP contribution in [-0.4, -0.2) is 35.3 Å². The minimum absolute atomic E-state index is 0.0308. The van der Waals surface area contributed by atoms with E-state index in [0.29, 0.717) is 6.42 Å². The van der Waals surface area contributed by atoms with Gasteiger partial charge in [-0.1, -0.05) is 24.3 Å². The van der Waals surface area contributed by atoms with Gasteiger partial charge in [-0.15, -0.1) is 0 Å². The van der Waals surface area contributed by atoms with Crippen molar-refractivity contribution < 1.29 is 19.0 Å². The standard InChI is InChI=1S/C18H17FN2O3/c19-11-6-2-1-5-10(11)18(23)21-13-9-15-16(17(13)22)20-12-7-3-4-8-14(12)24-15/h1-8,13,15-17,20,22H,9H2,(H,21,23)/t13-,15-,16-,17-/m1/s1. The second kappa shape index (κ2) is 5.79. The highest BCUT2D eigenvalue weighted by molar-refractivity contribution is 5.94. The number of aliphatic hydroxyl groups is 1. The number of anilines is 1. The SMILES string of the molecule is O=C(N[C@@H]1C[C@H]2Oc3ccccc3N[C@H]2[C@@H]1O)c1ccccc1F. The fraction of sp³-hybridized carbons (Fsp3) is 0.278. The molecule has 1 saturated carbocycles. The molecule has 124 valence electrons. The number of amides is 1. The number of carbonyl (C=O) groups excluding carboxylic acids is 1. The molecular weight excluding hydrogens is 311 g/mol. The lowest BCUT2D eigenvalue weighted by Gasteiger charge is -2.31. The Morgan fingerprint density at radius 3 is 2.79 bits per heavy atom. The van der Waals surface area contributed by atoms with Crippen LogP contribution in [-0.2, 0) is 0 Å². The van der Waals surface area contributed by atoms with E-state index in [-0.39, 0.29) is 17.7 Å². The third-order valence-electron chi connectivity index (χ3n) is 4.59. The molecule has 0 radical (unpaired) electrons. The Balaban J connectivity index is 1.50. The number of benzene rings is 2. The summed E-state index contributed by atoms with van der Waals surface area (Å²) in [4.78, 5) is 12.3. The Bertz CT molecular complexity index is 782. The van der Waals surface area contributed by atoms with Gasteiger partial charge in [0.2, 0.25) is 0 Å². The van der Waals surface area contributed by atoms with Crippen molar-refractivity contribution >= 4 is 11.6 Å². The number of carbonyl (C=O) groups is 1. The summed E-state index contributed by atoms with van der Waals surface area (Å²) in [5.74, 6) is -0.387. The molecule has 24 heavy (non-hydrogen) atoms. The summed E-state index contributed by atoms with van der Waals surface area (Å²) < 4.78 is 19.6. The van der Waals surface area contributed by atoms with Gasteiger partial charge in [-0.2, -0.15) is 0 Å². The molecule has 0 bridgehead atoms. The zero-order chi connectivity index (χ0) is 16.7. The molecule has 4 rings (SSSR count). The maximum atomic E-state index is 13.7. The number of hydrogen-bond acceptors (Lipinski definition) is 4. The summed E-state index contributed by atoms with van der Waals surface area (Å²) in [5.41, 5.74) is 0.788. The predicted molar refractivity (Wildman–Crippen MR) is 86.5 cm³/mol. The largest absolute Gasteiger partial charge is 0.486 e. The van der Waals surface area contributed by atoms with Crippen LogP contribution in [0.15, 0.2) is 48.5 Å². The third kappa shape index (κ3) is 2.49. The summed E-state index contributed by atoms with van der Waals surface area (Å²) in [7, 11) is 0. The molecule has 0 spiro atoms. The van der Waals surface area contributed by atoms with E-state index >= 15 is 0 Å². The molecule has 0 unspecified atom stereocenters. The molecule has 0 aromatic heterocycles.